The minimum absolute atomic E-state index is 0.258. The van der Waals surface area contributed by atoms with Crippen molar-refractivity contribution >= 4 is 33.3 Å². The van der Waals surface area contributed by atoms with Gasteiger partial charge in [-0.1, -0.05) is 12.7 Å². The average molecular weight is 300 g/mol. The first-order valence-electron chi connectivity index (χ1n) is 6.23. The molecular formula is C15H12N2O3S. The van der Waals surface area contributed by atoms with Crippen LogP contribution in [0.3, 0.4) is 0 Å². The molecule has 3 aromatic rings. The van der Waals surface area contributed by atoms with Crippen molar-refractivity contribution in [1.29, 1.82) is 0 Å². The summed E-state index contributed by atoms with van der Waals surface area (Å²) in [6.07, 6.45) is 4.84. The Morgan fingerprint density at radius 3 is 3.19 bits per heavy atom. The molecule has 3 rings (SSSR count). The monoisotopic (exact) mass is 300 g/mol. The first-order valence-corrected chi connectivity index (χ1v) is 7.11. The van der Waals surface area contributed by atoms with Crippen LogP contribution in [0.15, 0.2) is 53.1 Å². The molecule has 106 valence electrons. The van der Waals surface area contributed by atoms with Crippen LogP contribution in [0.5, 0.6) is 5.75 Å². The molecule has 2 aromatic heterocycles. The van der Waals surface area contributed by atoms with E-state index < -0.39 is 0 Å². The lowest BCUT2D eigenvalue weighted by Gasteiger charge is -2.07. The molecule has 0 aliphatic rings. The molecule has 1 amide bonds. The van der Waals surface area contributed by atoms with Crippen LogP contribution in [-0.4, -0.2) is 17.5 Å². The Labute approximate surface area is 124 Å². The van der Waals surface area contributed by atoms with Gasteiger partial charge in [-0.25, -0.2) is 4.98 Å². The van der Waals surface area contributed by atoms with Gasteiger partial charge < -0.3 is 9.15 Å². The van der Waals surface area contributed by atoms with Crippen LogP contribution in [0.2, 0.25) is 0 Å². The molecule has 0 radical (unpaired) electrons. The molecule has 0 aliphatic heterocycles. The molecule has 6 heteroatoms. The molecule has 0 atom stereocenters. The van der Waals surface area contributed by atoms with Gasteiger partial charge in [0.2, 0.25) is 0 Å². The number of benzene rings is 1. The number of hydrogen-bond acceptors (Lipinski definition) is 5. The number of rotatable bonds is 5. The van der Waals surface area contributed by atoms with E-state index >= 15 is 0 Å². The second kappa shape index (κ2) is 5.80. The Morgan fingerprint density at radius 1 is 1.52 bits per heavy atom. The van der Waals surface area contributed by atoms with E-state index in [0.29, 0.717) is 28.6 Å². The van der Waals surface area contributed by atoms with E-state index in [9.17, 15) is 4.79 Å². The Balaban J connectivity index is 1.94. The van der Waals surface area contributed by atoms with Crippen molar-refractivity contribution in [3.05, 3.63) is 54.3 Å². The Bertz CT molecular complexity index is 777. The van der Waals surface area contributed by atoms with Gasteiger partial charge >= 0.3 is 0 Å². The van der Waals surface area contributed by atoms with Gasteiger partial charge in [0.25, 0.3) is 5.91 Å². The highest BCUT2D eigenvalue weighted by Crippen LogP contribution is 2.29. The van der Waals surface area contributed by atoms with Gasteiger partial charge in [-0.05, 0) is 18.2 Å². The van der Waals surface area contributed by atoms with Gasteiger partial charge in [0.15, 0.2) is 5.13 Å². The zero-order valence-corrected chi connectivity index (χ0v) is 11.9. The number of nitrogens with zero attached hydrogens (tertiary/aromatic N) is 1. The Morgan fingerprint density at radius 2 is 2.43 bits per heavy atom. The van der Waals surface area contributed by atoms with E-state index in [-0.39, 0.29) is 5.91 Å². The third-order valence-corrected chi connectivity index (χ3v) is 3.49. The summed E-state index contributed by atoms with van der Waals surface area (Å²) in [4.78, 5) is 16.3. The predicted octanol–water partition coefficient (Wildman–Crippen LogP) is 3.71. The fourth-order valence-corrected chi connectivity index (χ4v) is 2.42. The molecule has 0 unspecified atom stereocenters. The normalized spacial score (nSPS) is 10.5. The van der Waals surface area contributed by atoms with Crippen molar-refractivity contribution in [2.24, 2.45) is 0 Å². The lowest BCUT2D eigenvalue weighted by Crippen LogP contribution is -2.11. The minimum Gasteiger partial charge on any atom is -0.489 e. The summed E-state index contributed by atoms with van der Waals surface area (Å²) in [7, 11) is 0. The van der Waals surface area contributed by atoms with Gasteiger partial charge in [-0.2, -0.15) is 0 Å². The van der Waals surface area contributed by atoms with Gasteiger partial charge in [-0.15, -0.1) is 11.3 Å². The van der Waals surface area contributed by atoms with E-state index in [0.717, 1.165) is 5.39 Å². The number of anilines is 1. The fraction of sp³-hybridized carbons (Fsp3) is 0.0667. The molecule has 1 aromatic carbocycles. The summed E-state index contributed by atoms with van der Waals surface area (Å²) in [5.41, 5.74) is 1.05. The second-order valence-electron chi connectivity index (χ2n) is 4.20. The van der Waals surface area contributed by atoms with Crippen LogP contribution in [0.25, 0.3) is 11.0 Å². The Kier molecular flexibility index (Phi) is 3.70. The highest BCUT2D eigenvalue weighted by atomic mass is 32.1. The first-order chi connectivity index (χ1) is 10.3. The summed E-state index contributed by atoms with van der Waals surface area (Å²) >= 11 is 1.36. The van der Waals surface area contributed by atoms with E-state index in [1.807, 2.05) is 0 Å². The van der Waals surface area contributed by atoms with Crippen LogP contribution in [0.1, 0.15) is 10.4 Å². The maximum Gasteiger partial charge on any atom is 0.257 e. The maximum absolute atomic E-state index is 12.2. The molecule has 0 spiro atoms. The van der Waals surface area contributed by atoms with Gasteiger partial charge in [0.1, 0.15) is 17.9 Å². The number of furan rings is 1. The summed E-state index contributed by atoms with van der Waals surface area (Å²) in [6, 6.07) is 5.17. The SMILES string of the molecule is C=CCOc1cc(C(=O)Nc2nccs2)cc2occc12. The second-order valence-corrected chi connectivity index (χ2v) is 5.09. The highest BCUT2D eigenvalue weighted by Gasteiger charge is 2.14. The minimum atomic E-state index is -0.258. The van der Waals surface area contributed by atoms with Crippen molar-refractivity contribution in [3.63, 3.8) is 0 Å². The molecular weight excluding hydrogens is 288 g/mol. The molecule has 0 bridgehead atoms. The van der Waals surface area contributed by atoms with Crippen LogP contribution >= 0.6 is 11.3 Å². The van der Waals surface area contributed by atoms with Crippen molar-refractivity contribution in [1.82, 2.24) is 4.98 Å². The molecule has 0 aliphatic carbocycles. The molecule has 2 heterocycles. The van der Waals surface area contributed by atoms with Crippen LogP contribution in [0, 0.1) is 0 Å². The molecule has 0 saturated heterocycles. The molecule has 0 saturated carbocycles. The van der Waals surface area contributed by atoms with Crippen molar-refractivity contribution in [2.45, 2.75) is 0 Å². The highest BCUT2D eigenvalue weighted by molar-refractivity contribution is 7.13. The smallest absolute Gasteiger partial charge is 0.257 e. The molecule has 1 N–H and O–H groups in total. The zero-order chi connectivity index (χ0) is 14.7. The number of aromatic nitrogens is 1. The average Bonchev–Trinajstić information content (AvgIpc) is 3.15. The van der Waals surface area contributed by atoms with Crippen LogP contribution < -0.4 is 10.1 Å². The summed E-state index contributed by atoms with van der Waals surface area (Å²) < 4.78 is 10.9. The first kappa shape index (κ1) is 13.4. The topological polar surface area (TPSA) is 64.4 Å². The third kappa shape index (κ3) is 2.80. The molecule has 0 fully saturated rings. The van der Waals surface area contributed by atoms with E-state index in [4.69, 9.17) is 9.15 Å². The molecule has 5 nitrogen and oxygen atoms in total. The number of amides is 1. The Hall–Kier alpha value is -2.60. The summed E-state index contributed by atoms with van der Waals surface area (Å²) in [5, 5.41) is 5.90. The van der Waals surface area contributed by atoms with Gasteiger partial charge in [-0.3, -0.25) is 10.1 Å². The number of carbonyl (C=O) groups excluding carboxylic acids is 1. The summed E-state index contributed by atoms with van der Waals surface area (Å²) in [5.74, 6) is 0.331. The van der Waals surface area contributed by atoms with E-state index in [2.05, 4.69) is 16.9 Å². The predicted molar refractivity (Wildman–Crippen MR) is 82.0 cm³/mol. The number of thiazole rings is 1. The van der Waals surface area contributed by atoms with Crippen LogP contribution in [-0.2, 0) is 0 Å². The zero-order valence-electron chi connectivity index (χ0n) is 11.0. The van der Waals surface area contributed by atoms with Crippen molar-refractivity contribution < 1.29 is 13.9 Å². The van der Waals surface area contributed by atoms with Crippen LogP contribution in [0.4, 0.5) is 5.13 Å². The third-order valence-electron chi connectivity index (χ3n) is 2.81. The fourth-order valence-electron chi connectivity index (χ4n) is 1.89. The van der Waals surface area contributed by atoms with E-state index in [1.165, 1.54) is 11.3 Å². The van der Waals surface area contributed by atoms with Crippen molar-refractivity contribution in [2.75, 3.05) is 11.9 Å². The van der Waals surface area contributed by atoms with E-state index in [1.54, 1.807) is 42.1 Å². The van der Waals surface area contributed by atoms with Crippen molar-refractivity contribution in [3.8, 4) is 5.75 Å². The number of carbonyl (C=O) groups is 1. The quantitative estimate of drug-likeness (QED) is 0.730. The van der Waals surface area contributed by atoms with Gasteiger partial charge in [0, 0.05) is 17.1 Å². The molecule has 21 heavy (non-hydrogen) atoms. The lowest BCUT2D eigenvalue weighted by molar-refractivity contribution is 0.102. The number of fused-ring (bicyclic) bond motifs is 1. The van der Waals surface area contributed by atoms with Gasteiger partial charge in [0.05, 0.1) is 11.6 Å². The number of ether oxygens (including phenoxy) is 1. The largest absolute Gasteiger partial charge is 0.489 e. The maximum atomic E-state index is 12.2. The number of hydrogen-bond donors (Lipinski definition) is 1. The standard InChI is InChI=1S/C15H12N2O3S/c1-2-5-19-12-8-10(9-13-11(12)3-6-20-13)14(18)17-15-16-4-7-21-15/h2-4,6-9H,1,5H2,(H,16,17,18). The summed E-state index contributed by atoms with van der Waals surface area (Å²) in [6.45, 7) is 3.98. The number of nitrogens with one attached hydrogen (secondary N) is 1. The lowest BCUT2D eigenvalue weighted by atomic mass is 10.1.